The number of rotatable bonds is 5. The standard InChI is InChI=1S/C27H34N6O3/c1-15-7-16(2)30-25(35)20(15)11-28-24(34)19-8-22(17-9-26(3,4)32-27(5,6)10-17)31-23-21(19)12-29-33(23)18-13-36-14-18/h7-9,12,18,32H,10-11,13-14H2,1-6H3,(H,28,34)(H,30,35). The van der Waals surface area contributed by atoms with Gasteiger partial charge in [-0.2, -0.15) is 5.10 Å². The molecule has 0 radical (unpaired) electrons. The number of fused-ring (bicyclic) bond motifs is 1. The number of nitrogens with zero attached hydrogens (tertiary/aromatic N) is 3. The van der Waals surface area contributed by atoms with E-state index in [-0.39, 0.29) is 35.1 Å². The van der Waals surface area contributed by atoms with Crippen LogP contribution < -0.4 is 16.2 Å². The first-order valence-corrected chi connectivity index (χ1v) is 12.4. The highest BCUT2D eigenvalue weighted by Crippen LogP contribution is 2.35. The minimum Gasteiger partial charge on any atom is -0.377 e. The van der Waals surface area contributed by atoms with Gasteiger partial charge >= 0.3 is 0 Å². The molecule has 5 heterocycles. The van der Waals surface area contributed by atoms with E-state index in [2.05, 4.69) is 54.5 Å². The average Bonchev–Trinajstić information content (AvgIpc) is 3.12. The lowest BCUT2D eigenvalue weighted by atomic mass is 9.82. The molecular weight excluding hydrogens is 456 g/mol. The number of aromatic amines is 1. The third-order valence-electron chi connectivity index (χ3n) is 6.85. The van der Waals surface area contributed by atoms with Crippen molar-refractivity contribution in [3.8, 4) is 0 Å². The van der Waals surface area contributed by atoms with E-state index in [1.165, 1.54) is 0 Å². The minimum atomic E-state index is -0.263. The van der Waals surface area contributed by atoms with Crippen LogP contribution in [0.1, 0.15) is 73.0 Å². The van der Waals surface area contributed by atoms with Crippen LogP contribution in [0.3, 0.4) is 0 Å². The van der Waals surface area contributed by atoms with Crippen LogP contribution in [0.15, 0.2) is 29.2 Å². The Kier molecular flexibility index (Phi) is 5.88. The molecule has 1 amide bonds. The first kappa shape index (κ1) is 24.4. The third-order valence-corrected chi connectivity index (χ3v) is 6.85. The molecule has 9 nitrogen and oxygen atoms in total. The van der Waals surface area contributed by atoms with Crippen LogP contribution >= 0.6 is 0 Å². The van der Waals surface area contributed by atoms with Crippen molar-refractivity contribution in [2.45, 2.75) is 71.6 Å². The van der Waals surface area contributed by atoms with E-state index in [4.69, 9.17) is 9.72 Å². The van der Waals surface area contributed by atoms with Gasteiger partial charge in [-0.1, -0.05) is 6.08 Å². The Morgan fingerprint density at radius 3 is 2.61 bits per heavy atom. The molecule has 0 spiro atoms. The highest BCUT2D eigenvalue weighted by Gasteiger charge is 2.34. The molecule has 190 valence electrons. The monoisotopic (exact) mass is 490 g/mol. The van der Waals surface area contributed by atoms with E-state index in [1.807, 2.05) is 30.7 Å². The van der Waals surface area contributed by atoms with Gasteiger partial charge in [0.2, 0.25) is 0 Å². The Hall–Kier alpha value is -3.30. The van der Waals surface area contributed by atoms with Crippen molar-refractivity contribution < 1.29 is 9.53 Å². The van der Waals surface area contributed by atoms with E-state index < -0.39 is 0 Å². The molecule has 5 rings (SSSR count). The molecule has 2 aliphatic heterocycles. The predicted molar refractivity (Wildman–Crippen MR) is 139 cm³/mol. The van der Waals surface area contributed by atoms with Crippen LogP contribution in [0, 0.1) is 13.8 Å². The molecular formula is C27H34N6O3. The molecule has 0 unspecified atom stereocenters. The molecule has 3 aromatic heterocycles. The van der Waals surface area contributed by atoms with Crippen LogP contribution in [0.25, 0.3) is 16.6 Å². The molecule has 0 aliphatic carbocycles. The number of hydrogen-bond donors (Lipinski definition) is 3. The van der Waals surface area contributed by atoms with Crippen LogP contribution in [0.2, 0.25) is 0 Å². The Bertz CT molecular complexity index is 1440. The van der Waals surface area contributed by atoms with Crippen LogP contribution in [0.5, 0.6) is 0 Å². The largest absolute Gasteiger partial charge is 0.377 e. The predicted octanol–water partition coefficient (Wildman–Crippen LogP) is 3.17. The summed E-state index contributed by atoms with van der Waals surface area (Å²) in [5, 5.41) is 11.9. The number of carbonyl (C=O) groups is 1. The van der Waals surface area contributed by atoms with Crippen LogP contribution in [-0.2, 0) is 11.3 Å². The molecule has 3 N–H and O–H groups in total. The van der Waals surface area contributed by atoms with Gasteiger partial charge in [0, 0.05) is 28.9 Å². The second-order valence-corrected chi connectivity index (χ2v) is 11.3. The van der Waals surface area contributed by atoms with Gasteiger partial charge in [-0.3, -0.25) is 9.59 Å². The number of aromatic nitrogens is 4. The van der Waals surface area contributed by atoms with E-state index in [1.54, 1.807) is 6.20 Å². The Balaban J connectivity index is 1.56. The third kappa shape index (κ3) is 4.60. The summed E-state index contributed by atoms with van der Waals surface area (Å²) in [5.41, 5.74) is 4.68. The number of hydrogen-bond acceptors (Lipinski definition) is 6. The van der Waals surface area contributed by atoms with Crippen molar-refractivity contribution >= 4 is 22.5 Å². The maximum absolute atomic E-state index is 13.5. The number of pyridine rings is 2. The summed E-state index contributed by atoms with van der Waals surface area (Å²) in [6, 6.07) is 3.87. The molecule has 2 aliphatic rings. The summed E-state index contributed by atoms with van der Waals surface area (Å²) < 4.78 is 7.25. The lowest BCUT2D eigenvalue weighted by Gasteiger charge is -2.41. The lowest BCUT2D eigenvalue weighted by Crippen LogP contribution is -2.53. The van der Waals surface area contributed by atoms with Gasteiger partial charge in [-0.25, -0.2) is 9.67 Å². The van der Waals surface area contributed by atoms with E-state index >= 15 is 0 Å². The van der Waals surface area contributed by atoms with Crippen molar-refractivity contribution in [3.05, 3.63) is 62.8 Å². The lowest BCUT2D eigenvalue weighted by molar-refractivity contribution is -0.0269. The van der Waals surface area contributed by atoms with Gasteiger partial charge in [-0.05, 0) is 71.2 Å². The Morgan fingerprint density at radius 1 is 1.22 bits per heavy atom. The van der Waals surface area contributed by atoms with E-state index in [9.17, 15) is 9.59 Å². The fourth-order valence-corrected chi connectivity index (χ4v) is 5.45. The molecule has 0 bridgehead atoms. The first-order chi connectivity index (χ1) is 16.9. The van der Waals surface area contributed by atoms with E-state index in [0.717, 1.165) is 28.9 Å². The average molecular weight is 491 g/mol. The summed E-state index contributed by atoms with van der Waals surface area (Å²) >= 11 is 0. The first-order valence-electron chi connectivity index (χ1n) is 12.4. The van der Waals surface area contributed by atoms with Crippen molar-refractivity contribution in [1.82, 2.24) is 30.4 Å². The van der Waals surface area contributed by atoms with Crippen LogP contribution in [-0.4, -0.2) is 49.9 Å². The van der Waals surface area contributed by atoms with Gasteiger partial charge < -0.3 is 20.4 Å². The fourth-order valence-electron chi connectivity index (χ4n) is 5.45. The maximum Gasteiger partial charge on any atom is 0.253 e. The highest BCUT2D eigenvalue weighted by atomic mass is 16.5. The van der Waals surface area contributed by atoms with Crippen molar-refractivity contribution in [3.63, 3.8) is 0 Å². The van der Waals surface area contributed by atoms with E-state index in [0.29, 0.717) is 35.4 Å². The minimum absolute atomic E-state index is 0.102. The second kappa shape index (κ2) is 8.67. The number of nitrogens with one attached hydrogen (secondary N) is 3. The number of aryl methyl sites for hydroxylation is 2. The molecule has 9 heteroatoms. The molecule has 0 atom stereocenters. The van der Waals surface area contributed by atoms with Gasteiger partial charge in [-0.15, -0.1) is 0 Å². The Morgan fingerprint density at radius 2 is 1.97 bits per heavy atom. The quantitative estimate of drug-likeness (QED) is 0.506. The molecule has 36 heavy (non-hydrogen) atoms. The molecule has 0 saturated carbocycles. The number of amides is 1. The summed E-state index contributed by atoms with van der Waals surface area (Å²) in [5.74, 6) is -0.263. The zero-order valence-electron chi connectivity index (χ0n) is 21.8. The van der Waals surface area contributed by atoms with Gasteiger partial charge in [0.1, 0.15) is 6.04 Å². The Labute approximate surface area is 210 Å². The number of H-pyrrole nitrogens is 1. The fraction of sp³-hybridized carbons (Fsp3) is 0.481. The molecule has 3 aromatic rings. The topological polar surface area (TPSA) is 114 Å². The SMILES string of the molecule is Cc1cc(C)c(CNC(=O)c2cc(C3=CC(C)(C)NC(C)(C)C3)nc3c2cnn3C2COC2)c(=O)[nH]1. The zero-order chi connectivity index (χ0) is 25.8. The zero-order valence-corrected chi connectivity index (χ0v) is 21.8. The van der Waals surface area contributed by atoms with Gasteiger partial charge in [0.15, 0.2) is 5.65 Å². The highest BCUT2D eigenvalue weighted by molar-refractivity contribution is 6.06. The smallest absolute Gasteiger partial charge is 0.253 e. The number of carbonyl (C=O) groups excluding carboxylic acids is 1. The van der Waals surface area contributed by atoms with Crippen molar-refractivity contribution in [2.24, 2.45) is 0 Å². The van der Waals surface area contributed by atoms with Gasteiger partial charge in [0.25, 0.3) is 11.5 Å². The summed E-state index contributed by atoms with van der Waals surface area (Å²) in [6.45, 7) is 13.6. The van der Waals surface area contributed by atoms with Crippen LogP contribution in [0.4, 0.5) is 0 Å². The maximum atomic E-state index is 13.5. The molecule has 0 aromatic carbocycles. The second-order valence-electron chi connectivity index (χ2n) is 11.3. The molecule has 1 fully saturated rings. The van der Waals surface area contributed by atoms with Crippen molar-refractivity contribution in [2.75, 3.05) is 13.2 Å². The summed E-state index contributed by atoms with van der Waals surface area (Å²) in [7, 11) is 0. The van der Waals surface area contributed by atoms with Crippen molar-refractivity contribution in [1.29, 1.82) is 0 Å². The van der Waals surface area contributed by atoms with Gasteiger partial charge in [0.05, 0.1) is 36.1 Å². The molecule has 1 saturated heterocycles. The number of ether oxygens (including phenoxy) is 1. The summed E-state index contributed by atoms with van der Waals surface area (Å²) in [4.78, 5) is 33.8. The normalized spacial score (nSPS) is 19.1. The summed E-state index contributed by atoms with van der Waals surface area (Å²) in [6.07, 6.45) is 4.67.